The van der Waals surface area contributed by atoms with Crippen LogP contribution in [0.4, 0.5) is 0 Å². The summed E-state index contributed by atoms with van der Waals surface area (Å²) in [7, 11) is 0. The molecule has 0 atom stereocenters. The van der Waals surface area contributed by atoms with E-state index >= 15 is 0 Å². The first-order valence-corrected chi connectivity index (χ1v) is 21.4. The molecule has 0 aliphatic rings. The lowest BCUT2D eigenvalue weighted by Gasteiger charge is -2.16. The van der Waals surface area contributed by atoms with Crippen LogP contribution in [0.25, 0.3) is 88.4 Å². The van der Waals surface area contributed by atoms with Crippen molar-refractivity contribution in [2.75, 3.05) is 0 Å². The zero-order chi connectivity index (χ0) is 42.6. The van der Waals surface area contributed by atoms with Crippen molar-refractivity contribution >= 4 is 55.0 Å². The summed E-state index contributed by atoms with van der Waals surface area (Å²) in [5.74, 6) is 0. The van der Waals surface area contributed by atoms with Crippen LogP contribution in [0.3, 0.4) is 0 Å². The maximum atomic E-state index is 6.53. The van der Waals surface area contributed by atoms with Gasteiger partial charge in [-0.25, -0.2) is 0 Å². The molecule has 4 heteroatoms. The van der Waals surface area contributed by atoms with Crippen molar-refractivity contribution in [1.29, 1.82) is 0 Å². The summed E-state index contributed by atoms with van der Waals surface area (Å²) in [6, 6.07) is 37.2. The molecule has 0 saturated heterocycles. The number of benzene rings is 6. The minimum Gasteiger partial charge on any atom is -0.405 e. The first-order chi connectivity index (χ1) is 28.9. The van der Waals surface area contributed by atoms with Crippen molar-refractivity contribution in [2.24, 2.45) is 11.5 Å². The molecule has 2 aromatic heterocycles. The van der Waals surface area contributed by atoms with Crippen LogP contribution in [0.15, 0.2) is 133 Å². The van der Waals surface area contributed by atoms with Gasteiger partial charge in [0.2, 0.25) is 0 Å². The van der Waals surface area contributed by atoms with Crippen molar-refractivity contribution in [3.8, 4) is 33.4 Å². The van der Waals surface area contributed by atoms with E-state index in [0.717, 1.165) is 46.4 Å². The maximum Gasteiger partial charge on any atom is 0.0642 e. The van der Waals surface area contributed by atoms with E-state index in [4.69, 9.17) is 11.5 Å². The van der Waals surface area contributed by atoms with Gasteiger partial charge in [0.05, 0.1) is 27.8 Å². The Labute approximate surface area is 355 Å². The zero-order valence-electron chi connectivity index (χ0n) is 37.0. The maximum absolute atomic E-state index is 6.53. The molecule has 0 radical (unpaired) electrons. The van der Waals surface area contributed by atoms with Crippen molar-refractivity contribution < 1.29 is 0 Å². The van der Waals surface area contributed by atoms with Crippen LogP contribution in [0.5, 0.6) is 0 Å². The lowest BCUT2D eigenvalue weighted by molar-refractivity contribution is 0.925. The number of allylic oxidation sites excluding steroid dienone is 6. The third kappa shape index (κ3) is 6.74. The monoisotopic (exact) mass is 786 g/mol. The number of rotatable bonds is 9. The summed E-state index contributed by atoms with van der Waals surface area (Å²) < 4.78 is 4.79. The highest BCUT2D eigenvalue weighted by atomic mass is 15.0. The van der Waals surface area contributed by atoms with Gasteiger partial charge in [0, 0.05) is 33.4 Å². The molecule has 0 spiro atoms. The second kappa shape index (κ2) is 15.9. The number of aryl methyl sites for hydroxylation is 5. The van der Waals surface area contributed by atoms with Crippen LogP contribution >= 0.6 is 0 Å². The Balaban J connectivity index is 1.42. The van der Waals surface area contributed by atoms with Crippen LogP contribution in [-0.2, 0) is 6.42 Å². The number of hydrogen-bond donors (Lipinski definition) is 2. The van der Waals surface area contributed by atoms with Crippen LogP contribution in [0.2, 0.25) is 0 Å². The van der Waals surface area contributed by atoms with Gasteiger partial charge in [0.1, 0.15) is 0 Å². The molecular weight excluding hydrogens is 729 g/mol. The quantitative estimate of drug-likeness (QED) is 0.143. The Morgan fingerprint density at radius 3 is 1.75 bits per heavy atom. The number of aromatic nitrogens is 2. The van der Waals surface area contributed by atoms with E-state index in [9.17, 15) is 0 Å². The average molecular weight is 787 g/mol. The van der Waals surface area contributed by atoms with Gasteiger partial charge in [0.25, 0.3) is 0 Å². The molecule has 4 nitrogen and oxygen atoms in total. The largest absolute Gasteiger partial charge is 0.405 e. The molecule has 0 saturated carbocycles. The third-order valence-electron chi connectivity index (χ3n) is 13.2. The Kier molecular flexibility index (Phi) is 10.7. The van der Waals surface area contributed by atoms with E-state index in [-0.39, 0.29) is 0 Å². The van der Waals surface area contributed by atoms with Crippen molar-refractivity contribution in [3.63, 3.8) is 0 Å². The lowest BCUT2D eigenvalue weighted by atomic mass is 9.93. The van der Waals surface area contributed by atoms with Crippen LogP contribution in [-0.4, -0.2) is 9.13 Å². The van der Waals surface area contributed by atoms with E-state index in [1.54, 1.807) is 12.4 Å². The van der Waals surface area contributed by atoms with E-state index in [1.807, 2.05) is 6.08 Å². The first-order valence-electron chi connectivity index (χ1n) is 21.4. The van der Waals surface area contributed by atoms with E-state index < -0.39 is 0 Å². The smallest absolute Gasteiger partial charge is 0.0642 e. The van der Waals surface area contributed by atoms with E-state index in [0.29, 0.717) is 0 Å². The highest BCUT2D eigenvalue weighted by molar-refractivity contribution is 6.15. The topological polar surface area (TPSA) is 61.9 Å². The molecule has 0 amide bonds. The van der Waals surface area contributed by atoms with E-state index in [2.05, 4.69) is 182 Å². The molecule has 302 valence electrons. The minimum atomic E-state index is 0.959. The summed E-state index contributed by atoms with van der Waals surface area (Å²) in [4.78, 5) is 0. The van der Waals surface area contributed by atoms with Crippen LogP contribution in [0, 0.1) is 34.6 Å². The van der Waals surface area contributed by atoms with Crippen molar-refractivity contribution in [1.82, 2.24) is 9.13 Å². The Morgan fingerprint density at radius 2 is 1.12 bits per heavy atom. The predicted molar refractivity (Wildman–Crippen MR) is 262 cm³/mol. The van der Waals surface area contributed by atoms with Gasteiger partial charge in [0.15, 0.2) is 0 Å². The molecule has 6 aromatic carbocycles. The summed E-state index contributed by atoms with van der Waals surface area (Å²) >= 11 is 0. The molecular formula is C56H58N4. The van der Waals surface area contributed by atoms with Gasteiger partial charge >= 0.3 is 0 Å². The predicted octanol–water partition coefficient (Wildman–Crippen LogP) is 14.8. The molecule has 8 aromatic rings. The van der Waals surface area contributed by atoms with Crippen LogP contribution < -0.4 is 11.5 Å². The molecule has 8 rings (SSSR count). The lowest BCUT2D eigenvalue weighted by Crippen LogP contribution is -2.02. The molecule has 0 bridgehead atoms. The van der Waals surface area contributed by atoms with Gasteiger partial charge in [-0.15, -0.1) is 0 Å². The van der Waals surface area contributed by atoms with E-state index in [1.165, 1.54) is 99.3 Å². The highest BCUT2D eigenvalue weighted by Gasteiger charge is 2.21. The number of hydrogen-bond acceptors (Lipinski definition) is 2. The van der Waals surface area contributed by atoms with Crippen LogP contribution in [0.1, 0.15) is 74.4 Å². The van der Waals surface area contributed by atoms with Crippen molar-refractivity contribution in [2.45, 2.75) is 82.1 Å². The third-order valence-corrected chi connectivity index (χ3v) is 13.2. The molecule has 0 aliphatic heterocycles. The SMILES string of the molecule is C/C=C(C)\C(=C/N)n1c2ccc(-c3cc(C)c(C)c(C)c3)cc2c2cc(CCC)c(-c3ccc4c5cc(-c6ccc(C)c(C)c6)ccc5n(/C(C)=C(C)/C=C\N)c4c3)cc21. The Morgan fingerprint density at radius 1 is 0.550 bits per heavy atom. The second-order valence-corrected chi connectivity index (χ2v) is 16.8. The molecule has 0 aliphatic carbocycles. The molecule has 0 fully saturated rings. The fourth-order valence-electron chi connectivity index (χ4n) is 9.12. The Hall–Kier alpha value is -6.52. The van der Waals surface area contributed by atoms with Crippen molar-refractivity contribution in [3.05, 3.63) is 166 Å². The normalized spacial score (nSPS) is 13.2. The summed E-state index contributed by atoms with van der Waals surface area (Å²) in [5.41, 5.74) is 36.8. The fraction of sp³-hybridized carbons (Fsp3) is 0.214. The van der Waals surface area contributed by atoms with Gasteiger partial charge in [-0.05, 0) is 201 Å². The van der Waals surface area contributed by atoms with Gasteiger partial charge in [-0.1, -0.05) is 74.0 Å². The fourth-order valence-corrected chi connectivity index (χ4v) is 9.12. The average Bonchev–Trinajstić information content (AvgIpc) is 3.74. The van der Waals surface area contributed by atoms with Gasteiger partial charge < -0.3 is 20.6 Å². The molecule has 4 N–H and O–H groups in total. The highest BCUT2D eigenvalue weighted by Crippen LogP contribution is 2.43. The number of nitrogens with two attached hydrogens (primary N) is 2. The molecule has 60 heavy (non-hydrogen) atoms. The summed E-state index contributed by atoms with van der Waals surface area (Å²) in [6.07, 6.45) is 9.53. The summed E-state index contributed by atoms with van der Waals surface area (Å²) in [5, 5.41) is 4.92. The number of nitrogens with zero attached hydrogens (tertiary/aromatic N) is 2. The zero-order valence-corrected chi connectivity index (χ0v) is 37.0. The molecule has 2 heterocycles. The summed E-state index contributed by atoms with van der Waals surface area (Å²) in [6.45, 7) is 21.8. The standard InChI is InChI=1S/C56H58N4/c1-11-13-44-29-51-50-28-43(46-25-37(7)39(9)38(8)26-46)18-21-53(50)60(56(32-58)33(3)12-2)55(51)31-48(44)45-16-19-47-49-27-42(41-15-14-34(4)36(6)24-41)17-20-52(49)59(54(47)30-45)40(10)35(5)22-23-57/h12,14-32H,11,13,57-58H2,1-10H3/b23-22-,33-12-,40-35+,56-32+. The van der Waals surface area contributed by atoms with Gasteiger partial charge in [-0.2, -0.15) is 0 Å². The number of fused-ring (bicyclic) bond motifs is 6. The van der Waals surface area contributed by atoms with Gasteiger partial charge in [-0.3, -0.25) is 0 Å². The minimum absolute atomic E-state index is 0.959. The second-order valence-electron chi connectivity index (χ2n) is 16.8. The molecule has 0 unspecified atom stereocenters. The first kappa shape index (κ1) is 40.3. The Bertz CT molecular complexity index is 3130.